The average molecular weight is 200 g/mol. The fourth-order valence-electron chi connectivity index (χ4n) is 1.25. The summed E-state index contributed by atoms with van der Waals surface area (Å²) >= 11 is 0. The Hall–Kier alpha value is -1.10. The number of β-amino-alcohol motifs (C(OH)–C–C–N with tert-alkyl or cyclic N) is 1. The van der Waals surface area contributed by atoms with Gasteiger partial charge in [-0.3, -0.25) is 9.69 Å². The number of aliphatic hydroxyl groups excluding tert-OH is 1. The van der Waals surface area contributed by atoms with Gasteiger partial charge in [-0.15, -0.1) is 0 Å². The second-order valence-electron chi connectivity index (χ2n) is 3.95. The standard InChI is InChI=1S/C9H16N2O3/c1-6(2)7(12)4-11-8(13)5-10(3)9(11)14/h6-7,12H,4-5H2,1-3H3. The molecule has 1 unspecified atom stereocenters. The molecule has 0 radical (unpaired) electrons. The van der Waals surface area contributed by atoms with Crippen LogP contribution < -0.4 is 0 Å². The van der Waals surface area contributed by atoms with E-state index in [-0.39, 0.29) is 30.9 Å². The van der Waals surface area contributed by atoms with E-state index in [1.165, 1.54) is 4.90 Å². The van der Waals surface area contributed by atoms with Crippen molar-refractivity contribution in [1.29, 1.82) is 0 Å². The van der Waals surface area contributed by atoms with Crippen molar-refractivity contribution >= 4 is 11.9 Å². The normalized spacial score (nSPS) is 19.8. The number of hydrogen-bond donors (Lipinski definition) is 1. The lowest BCUT2D eigenvalue weighted by molar-refractivity contribution is -0.126. The number of amides is 3. The van der Waals surface area contributed by atoms with E-state index in [1.807, 2.05) is 13.8 Å². The maximum Gasteiger partial charge on any atom is 0.327 e. The summed E-state index contributed by atoms with van der Waals surface area (Å²) in [6.07, 6.45) is -0.644. The molecule has 0 aliphatic carbocycles. The van der Waals surface area contributed by atoms with E-state index in [0.29, 0.717) is 0 Å². The molecule has 1 N–H and O–H groups in total. The summed E-state index contributed by atoms with van der Waals surface area (Å²) in [5, 5.41) is 9.54. The van der Waals surface area contributed by atoms with Crippen LogP contribution in [-0.2, 0) is 4.79 Å². The number of likely N-dealkylation sites (N-methyl/N-ethyl adjacent to an activating group) is 1. The SMILES string of the molecule is CC(C)C(O)CN1C(=O)CN(C)C1=O. The predicted molar refractivity (Wildman–Crippen MR) is 50.6 cm³/mol. The quantitative estimate of drug-likeness (QED) is 0.647. The minimum Gasteiger partial charge on any atom is -0.391 e. The van der Waals surface area contributed by atoms with Gasteiger partial charge in [-0.1, -0.05) is 13.8 Å². The number of rotatable bonds is 3. The Morgan fingerprint density at radius 3 is 2.36 bits per heavy atom. The molecule has 1 aliphatic heterocycles. The van der Waals surface area contributed by atoms with Gasteiger partial charge < -0.3 is 10.0 Å². The van der Waals surface area contributed by atoms with E-state index < -0.39 is 6.10 Å². The highest BCUT2D eigenvalue weighted by Crippen LogP contribution is 2.11. The summed E-state index contributed by atoms with van der Waals surface area (Å²) in [6.45, 7) is 3.90. The molecule has 1 heterocycles. The van der Waals surface area contributed by atoms with Crippen LogP contribution >= 0.6 is 0 Å². The molecule has 80 valence electrons. The molecule has 5 nitrogen and oxygen atoms in total. The molecule has 5 heteroatoms. The Kier molecular flexibility index (Phi) is 3.10. The van der Waals surface area contributed by atoms with Gasteiger partial charge in [-0.25, -0.2) is 4.79 Å². The summed E-state index contributed by atoms with van der Waals surface area (Å²) in [7, 11) is 1.57. The summed E-state index contributed by atoms with van der Waals surface area (Å²) in [4.78, 5) is 25.1. The monoisotopic (exact) mass is 200 g/mol. The van der Waals surface area contributed by atoms with Crippen molar-refractivity contribution < 1.29 is 14.7 Å². The van der Waals surface area contributed by atoms with Gasteiger partial charge in [-0.2, -0.15) is 0 Å². The Labute approximate surface area is 83.3 Å². The summed E-state index contributed by atoms with van der Waals surface area (Å²) in [6, 6.07) is -0.324. The topological polar surface area (TPSA) is 60.9 Å². The number of carbonyl (C=O) groups excluding carboxylic acids is 2. The fourth-order valence-corrected chi connectivity index (χ4v) is 1.25. The summed E-state index contributed by atoms with van der Waals surface area (Å²) in [5.74, 6) is -0.196. The third-order valence-electron chi connectivity index (χ3n) is 2.37. The number of imide groups is 1. The lowest BCUT2D eigenvalue weighted by Gasteiger charge is -2.20. The van der Waals surface area contributed by atoms with Crippen molar-refractivity contribution in [2.24, 2.45) is 5.92 Å². The molecule has 3 amide bonds. The molecule has 0 bridgehead atoms. The molecule has 1 aliphatic rings. The van der Waals surface area contributed by atoms with Crippen LogP contribution in [0.5, 0.6) is 0 Å². The molecular formula is C9H16N2O3. The first-order chi connectivity index (χ1) is 6.43. The molecule has 0 saturated carbocycles. The van der Waals surface area contributed by atoms with Crippen molar-refractivity contribution in [3.05, 3.63) is 0 Å². The Morgan fingerprint density at radius 1 is 1.43 bits per heavy atom. The molecule has 1 rings (SSSR count). The third kappa shape index (κ3) is 2.04. The van der Waals surface area contributed by atoms with E-state index in [2.05, 4.69) is 0 Å². The van der Waals surface area contributed by atoms with Gasteiger partial charge in [-0.05, 0) is 5.92 Å². The van der Waals surface area contributed by atoms with Crippen molar-refractivity contribution in [2.75, 3.05) is 20.1 Å². The van der Waals surface area contributed by atoms with Crippen LogP contribution in [0.25, 0.3) is 0 Å². The molecule has 0 spiro atoms. The second kappa shape index (κ2) is 3.96. The molecule has 0 aromatic carbocycles. The second-order valence-corrected chi connectivity index (χ2v) is 3.95. The van der Waals surface area contributed by atoms with E-state index >= 15 is 0 Å². The van der Waals surface area contributed by atoms with Crippen LogP contribution in [0.3, 0.4) is 0 Å². The van der Waals surface area contributed by atoms with Crippen LogP contribution in [0, 0.1) is 5.92 Å². The highest BCUT2D eigenvalue weighted by Gasteiger charge is 2.34. The van der Waals surface area contributed by atoms with E-state index in [1.54, 1.807) is 7.05 Å². The first kappa shape index (κ1) is 11.0. The smallest absolute Gasteiger partial charge is 0.327 e. The minimum absolute atomic E-state index is 0.0431. The lowest BCUT2D eigenvalue weighted by atomic mass is 10.1. The lowest BCUT2D eigenvalue weighted by Crippen LogP contribution is -2.39. The van der Waals surface area contributed by atoms with E-state index in [4.69, 9.17) is 0 Å². The van der Waals surface area contributed by atoms with Crippen molar-refractivity contribution in [3.63, 3.8) is 0 Å². The van der Waals surface area contributed by atoms with Crippen LogP contribution in [0.15, 0.2) is 0 Å². The maximum atomic E-state index is 11.4. The molecule has 0 aromatic rings. The van der Waals surface area contributed by atoms with Gasteiger partial charge in [0.05, 0.1) is 12.6 Å². The van der Waals surface area contributed by atoms with Crippen LogP contribution in [-0.4, -0.2) is 53.1 Å². The predicted octanol–water partition coefficient (Wildman–Crippen LogP) is -0.103. The summed E-state index contributed by atoms with van der Waals surface area (Å²) < 4.78 is 0. The van der Waals surface area contributed by atoms with Gasteiger partial charge in [0.2, 0.25) is 5.91 Å². The van der Waals surface area contributed by atoms with E-state index in [9.17, 15) is 14.7 Å². The molecule has 1 atom stereocenters. The molecule has 14 heavy (non-hydrogen) atoms. The van der Waals surface area contributed by atoms with Gasteiger partial charge >= 0.3 is 6.03 Å². The first-order valence-corrected chi connectivity index (χ1v) is 4.67. The zero-order chi connectivity index (χ0) is 10.9. The van der Waals surface area contributed by atoms with Crippen LogP contribution in [0.4, 0.5) is 4.79 Å². The van der Waals surface area contributed by atoms with Crippen molar-refractivity contribution in [2.45, 2.75) is 20.0 Å². The zero-order valence-corrected chi connectivity index (χ0v) is 8.73. The number of nitrogens with zero attached hydrogens (tertiary/aromatic N) is 2. The highest BCUT2D eigenvalue weighted by atomic mass is 16.3. The highest BCUT2D eigenvalue weighted by molar-refractivity contribution is 6.01. The minimum atomic E-state index is -0.644. The van der Waals surface area contributed by atoms with Gasteiger partial charge in [0.15, 0.2) is 0 Å². The zero-order valence-electron chi connectivity index (χ0n) is 8.73. The molecule has 1 fully saturated rings. The van der Waals surface area contributed by atoms with Gasteiger partial charge in [0.1, 0.15) is 6.54 Å². The Morgan fingerprint density at radius 2 is 2.00 bits per heavy atom. The van der Waals surface area contributed by atoms with Crippen molar-refractivity contribution in [1.82, 2.24) is 9.80 Å². The van der Waals surface area contributed by atoms with Crippen molar-refractivity contribution in [3.8, 4) is 0 Å². The Bertz CT molecular complexity index is 252. The molecular weight excluding hydrogens is 184 g/mol. The molecule has 0 aromatic heterocycles. The number of aliphatic hydroxyl groups is 1. The van der Waals surface area contributed by atoms with Gasteiger partial charge in [0, 0.05) is 7.05 Å². The number of urea groups is 1. The number of carbonyl (C=O) groups is 2. The third-order valence-corrected chi connectivity index (χ3v) is 2.37. The van der Waals surface area contributed by atoms with E-state index in [0.717, 1.165) is 4.90 Å². The summed E-state index contributed by atoms with van der Waals surface area (Å²) in [5.41, 5.74) is 0. The van der Waals surface area contributed by atoms with Crippen LogP contribution in [0.1, 0.15) is 13.8 Å². The largest absolute Gasteiger partial charge is 0.391 e. The number of hydrogen-bond acceptors (Lipinski definition) is 3. The Balaban J connectivity index is 2.61. The van der Waals surface area contributed by atoms with Gasteiger partial charge in [0.25, 0.3) is 0 Å². The maximum absolute atomic E-state index is 11.4. The average Bonchev–Trinajstić information content (AvgIpc) is 2.32. The fraction of sp³-hybridized carbons (Fsp3) is 0.778. The van der Waals surface area contributed by atoms with Crippen LogP contribution in [0.2, 0.25) is 0 Å². The molecule has 1 saturated heterocycles. The first-order valence-electron chi connectivity index (χ1n) is 4.67.